The van der Waals surface area contributed by atoms with Gasteiger partial charge in [-0.2, -0.15) is 0 Å². The van der Waals surface area contributed by atoms with Gasteiger partial charge < -0.3 is 14.8 Å². The summed E-state index contributed by atoms with van der Waals surface area (Å²) in [5, 5.41) is 13.5. The van der Waals surface area contributed by atoms with Gasteiger partial charge in [0.1, 0.15) is 6.04 Å². The zero-order valence-electron chi connectivity index (χ0n) is 10.1. The third-order valence-electron chi connectivity index (χ3n) is 2.45. The van der Waals surface area contributed by atoms with Gasteiger partial charge >= 0.3 is 17.6 Å². The maximum atomic E-state index is 11.4. The van der Waals surface area contributed by atoms with E-state index in [-0.39, 0.29) is 18.7 Å². The van der Waals surface area contributed by atoms with E-state index in [9.17, 15) is 19.7 Å². The van der Waals surface area contributed by atoms with E-state index < -0.39 is 28.6 Å². The van der Waals surface area contributed by atoms with Crippen molar-refractivity contribution in [3.05, 3.63) is 21.5 Å². The average molecular weight is 258 g/mol. The maximum absolute atomic E-state index is 11.4. The fraction of sp³-hybridized carbons (Fsp3) is 0.600. The molecule has 8 heteroatoms. The van der Waals surface area contributed by atoms with Gasteiger partial charge in [-0.05, 0) is 19.8 Å². The minimum absolute atomic E-state index is 0.0455. The molecule has 1 aliphatic heterocycles. The Hall–Kier alpha value is -2.12. The highest BCUT2D eigenvalue weighted by atomic mass is 16.6. The molecule has 18 heavy (non-hydrogen) atoms. The molecule has 100 valence electrons. The predicted molar refractivity (Wildman–Crippen MR) is 58.8 cm³/mol. The van der Waals surface area contributed by atoms with E-state index in [2.05, 4.69) is 14.8 Å². The number of nitrogens with zero attached hydrogens (tertiary/aromatic N) is 1. The van der Waals surface area contributed by atoms with Gasteiger partial charge in [0.2, 0.25) is 0 Å². The van der Waals surface area contributed by atoms with Crippen LogP contribution in [0.25, 0.3) is 0 Å². The van der Waals surface area contributed by atoms with Crippen LogP contribution < -0.4 is 5.32 Å². The molecule has 0 unspecified atom stereocenters. The Balaban J connectivity index is 2.92. The van der Waals surface area contributed by atoms with E-state index in [1.54, 1.807) is 6.92 Å². The van der Waals surface area contributed by atoms with Crippen molar-refractivity contribution < 1.29 is 24.0 Å². The first-order valence-corrected chi connectivity index (χ1v) is 5.40. The van der Waals surface area contributed by atoms with Gasteiger partial charge in [-0.15, -0.1) is 0 Å². The quantitative estimate of drug-likeness (QED) is 0.326. The number of hydrogen-bond acceptors (Lipinski definition) is 7. The van der Waals surface area contributed by atoms with Crippen molar-refractivity contribution in [3.8, 4) is 0 Å². The van der Waals surface area contributed by atoms with E-state index in [0.29, 0.717) is 6.42 Å². The van der Waals surface area contributed by atoms with E-state index in [4.69, 9.17) is 0 Å². The van der Waals surface area contributed by atoms with Crippen molar-refractivity contribution >= 4 is 11.9 Å². The molecule has 0 amide bonds. The monoisotopic (exact) mass is 258 g/mol. The third-order valence-corrected chi connectivity index (χ3v) is 2.45. The van der Waals surface area contributed by atoms with Crippen LogP contribution >= 0.6 is 0 Å². The molecule has 0 saturated carbocycles. The molecular formula is C10H14N2O6. The lowest BCUT2D eigenvalue weighted by atomic mass is 10.2. The zero-order chi connectivity index (χ0) is 13.7. The number of carbonyl (C=O) groups excluding carboxylic acids is 2. The Labute approximate surface area is 103 Å². The molecule has 0 bridgehead atoms. The number of nitrogens with one attached hydrogen (secondary N) is 1. The van der Waals surface area contributed by atoms with Crippen molar-refractivity contribution in [1.29, 1.82) is 0 Å². The standard InChI is InChI=1S/C10H14N2O6/c1-3-18-10(14)8(12(15)16)6-4-5-7(11-6)9(13)17-2/h7,11H,3-5H2,1-2H3/b8-6-/t7-/m0/s1. The smallest absolute Gasteiger partial charge is 0.411 e. The summed E-state index contributed by atoms with van der Waals surface area (Å²) in [6, 6.07) is -0.658. The van der Waals surface area contributed by atoms with E-state index in [1.165, 1.54) is 7.11 Å². The Kier molecular flexibility index (Phi) is 4.64. The molecule has 0 radical (unpaired) electrons. The van der Waals surface area contributed by atoms with Gasteiger partial charge in [-0.25, -0.2) is 9.59 Å². The lowest BCUT2D eigenvalue weighted by Crippen LogP contribution is -2.32. The number of allylic oxidation sites excluding steroid dienone is 1. The van der Waals surface area contributed by atoms with Crippen LogP contribution in [0.15, 0.2) is 11.4 Å². The highest BCUT2D eigenvalue weighted by Gasteiger charge is 2.36. The summed E-state index contributed by atoms with van der Waals surface area (Å²) in [4.78, 5) is 32.7. The first-order valence-electron chi connectivity index (χ1n) is 5.40. The summed E-state index contributed by atoms with van der Waals surface area (Å²) >= 11 is 0. The summed E-state index contributed by atoms with van der Waals surface area (Å²) in [7, 11) is 1.23. The van der Waals surface area contributed by atoms with Crippen molar-refractivity contribution in [2.45, 2.75) is 25.8 Å². The summed E-state index contributed by atoms with van der Waals surface area (Å²) in [5.74, 6) is -1.52. The number of rotatable bonds is 4. The lowest BCUT2D eigenvalue weighted by molar-refractivity contribution is -0.422. The van der Waals surface area contributed by atoms with Crippen molar-refractivity contribution in [2.75, 3.05) is 13.7 Å². The topological polar surface area (TPSA) is 108 Å². The third kappa shape index (κ3) is 2.96. The fourth-order valence-electron chi connectivity index (χ4n) is 1.66. The van der Waals surface area contributed by atoms with Crippen molar-refractivity contribution in [1.82, 2.24) is 5.32 Å². The van der Waals surface area contributed by atoms with Crippen LogP contribution in [0.5, 0.6) is 0 Å². The molecule has 8 nitrogen and oxygen atoms in total. The largest absolute Gasteiger partial charge is 0.467 e. The van der Waals surface area contributed by atoms with Crippen LogP contribution in [-0.4, -0.2) is 36.6 Å². The highest BCUT2D eigenvalue weighted by molar-refractivity contribution is 5.87. The Morgan fingerprint density at radius 2 is 2.22 bits per heavy atom. The van der Waals surface area contributed by atoms with Crippen LogP contribution in [-0.2, 0) is 19.1 Å². The van der Waals surface area contributed by atoms with Crippen LogP contribution in [0.2, 0.25) is 0 Å². The van der Waals surface area contributed by atoms with E-state index in [0.717, 1.165) is 0 Å². The van der Waals surface area contributed by atoms with Crippen molar-refractivity contribution in [2.24, 2.45) is 0 Å². The molecule has 1 fully saturated rings. The summed E-state index contributed by atoms with van der Waals surface area (Å²) < 4.78 is 9.13. The minimum Gasteiger partial charge on any atom is -0.467 e. The number of carbonyl (C=O) groups is 2. The number of methoxy groups -OCH3 is 1. The first-order chi connectivity index (χ1) is 8.51. The van der Waals surface area contributed by atoms with Gasteiger partial charge in [0, 0.05) is 0 Å². The maximum Gasteiger partial charge on any atom is 0.411 e. The van der Waals surface area contributed by atoms with Gasteiger partial charge in [0.05, 0.1) is 24.3 Å². The molecule has 0 aliphatic carbocycles. The number of nitro groups is 1. The van der Waals surface area contributed by atoms with E-state index in [1.807, 2.05) is 0 Å². The molecule has 0 aromatic heterocycles. The number of esters is 2. The molecule has 1 aliphatic rings. The molecule has 0 aromatic carbocycles. The molecule has 1 atom stereocenters. The highest BCUT2D eigenvalue weighted by Crippen LogP contribution is 2.21. The fourth-order valence-corrected chi connectivity index (χ4v) is 1.66. The van der Waals surface area contributed by atoms with Gasteiger partial charge in [0.15, 0.2) is 0 Å². The van der Waals surface area contributed by atoms with Gasteiger partial charge in [-0.1, -0.05) is 0 Å². The molecule has 1 saturated heterocycles. The molecule has 1 rings (SSSR count). The van der Waals surface area contributed by atoms with E-state index >= 15 is 0 Å². The normalized spacial score (nSPS) is 20.9. The second kappa shape index (κ2) is 5.99. The first kappa shape index (κ1) is 13.9. The van der Waals surface area contributed by atoms with Gasteiger partial charge in [-0.3, -0.25) is 10.1 Å². The van der Waals surface area contributed by atoms with Gasteiger partial charge in [0.25, 0.3) is 0 Å². The summed E-state index contributed by atoms with van der Waals surface area (Å²) in [6.45, 7) is 1.60. The second-order valence-corrected chi connectivity index (χ2v) is 3.56. The molecule has 1 N–H and O–H groups in total. The lowest BCUT2D eigenvalue weighted by Gasteiger charge is -2.08. The number of ether oxygens (including phenoxy) is 2. The van der Waals surface area contributed by atoms with Crippen LogP contribution in [0.1, 0.15) is 19.8 Å². The van der Waals surface area contributed by atoms with Crippen LogP contribution in [0, 0.1) is 10.1 Å². The van der Waals surface area contributed by atoms with Crippen molar-refractivity contribution in [3.63, 3.8) is 0 Å². The summed E-state index contributed by atoms with van der Waals surface area (Å²) in [6.07, 6.45) is 0.577. The minimum atomic E-state index is -1.00. The average Bonchev–Trinajstić information content (AvgIpc) is 2.77. The van der Waals surface area contributed by atoms with Crippen LogP contribution in [0.4, 0.5) is 0 Å². The molecule has 0 spiro atoms. The SMILES string of the molecule is CCOC(=O)/C(=C1\CC[C@@H](C(=O)OC)N1)[N+](=O)[O-]. The number of hydrogen-bond donors (Lipinski definition) is 1. The Morgan fingerprint density at radius 3 is 2.72 bits per heavy atom. The molecule has 0 aromatic rings. The molecular weight excluding hydrogens is 244 g/mol. The summed E-state index contributed by atoms with van der Waals surface area (Å²) in [5.41, 5.74) is -0.544. The van der Waals surface area contributed by atoms with Crippen LogP contribution in [0.3, 0.4) is 0 Å². The second-order valence-electron chi connectivity index (χ2n) is 3.56. The Morgan fingerprint density at radius 1 is 1.56 bits per heavy atom. The predicted octanol–water partition coefficient (Wildman–Crippen LogP) is -0.0372. The molecule has 1 heterocycles. The zero-order valence-corrected chi connectivity index (χ0v) is 10.1. The Bertz CT molecular complexity index is 403.